The number of carbonyl (C=O) groups excluding carboxylic acids is 2. The van der Waals surface area contributed by atoms with Crippen molar-refractivity contribution in [3.8, 4) is 5.75 Å². The van der Waals surface area contributed by atoms with E-state index < -0.39 is 44.7 Å². The summed E-state index contributed by atoms with van der Waals surface area (Å²) in [5.41, 5.74) is 8.86. The molecule has 26 heavy (non-hydrogen) atoms. The standard InChI is InChI=1S/C18H28N2O5S/c1-3-8-15(9-4-2)26(23,24)13-18(20,17(19)22)16(21)12-25-14-10-6-5-7-11-14/h5-7,10-11,15H,3-4,8-9,12-13,20H2,1-2H3,(H2,19,22). The summed E-state index contributed by atoms with van der Waals surface area (Å²) in [6.07, 6.45) is 2.23. The number of nitrogens with two attached hydrogens (primary N) is 2. The first-order valence-electron chi connectivity index (χ1n) is 8.68. The summed E-state index contributed by atoms with van der Waals surface area (Å²) < 4.78 is 30.8. The Labute approximate surface area is 155 Å². The van der Waals surface area contributed by atoms with Crippen LogP contribution in [0.15, 0.2) is 30.3 Å². The zero-order valence-corrected chi connectivity index (χ0v) is 16.1. The molecule has 0 saturated heterocycles. The number of hydrogen-bond donors (Lipinski definition) is 2. The van der Waals surface area contributed by atoms with E-state index in [0.717, 1.165) is 0 Å². The van der Waals surface area contributed by atoms with E-state index in [4.69, 9.17) is 16.2 Å². The molecule has 8 heteroatoms. The molecule has 1 aromatic rings. The van der Waals surface area contributed by atoms with Crippen LogP contribution in [0, 0.1) is 0 Å². The average Bonchev–Trinajstić information content (AvgIpc) is 2.59. The summed E-state index contributed by atoms with van der Waals surface area (Å²) >= 11 is 0. The minimum absolute atomic E-state index is 0.408. The van der Waals surface area contributed by atoms with E-state index in [2.05, 4.69) is 0 Å². The molecule has 0 fully saturated rings. The Hall–Kier alpha value is -1.93. The number of sulfone groups is 1. The van der Waals surface area contributed by atoms with Crippen molar-refractivity contribution < 1.29 is 22.7 Å². The Kier molecular flexibility index (Phi) is 8.23. The van der Waals surface area contributed by atoms with Crippen molar-refractivity contribution in [3.05, 3.63) is 30.3 Å². The molecule has 0 aliphatic rings. The molecule has 0 aromatic heterocycles. The van der Waals surface area contributed by atoms with E-state index in [0.29, 0.717) is 31.4 Å². The first-order chi connectivity index (χ1) is 12.2. The van der Waals surface area contributed by atoms with Crippen LogP contribution in [0.1, 0.15) is 39.5 Å². The van der Waals surface area contributed by atoms with E-state index in [1.807, 2.05) is 13.8 Å². The first kappa shape index (κ1) is 22.1. The van der Waals surface area contributed by atoms with Gasteiger partial charge in [-0.05, 0) is 25.0 Å². The summed E-state index contributed by atoms with van der Waals surface area (Å²) in [6.45, 7) is 3.22. The molecule has 7 nitrogen and oxygen atoms in total. The third kappa shape index (κ3) is 5.81. The topological polar surface area (TPSA) is 130 Å². The van der Waals surface area contributed by atoms with Crippen molar-refractivity contribution in [1.29, 1.82) is 0 Å². The number of hydrogen-bond acceptors (Lipinski definition) is 6. The maximum absolute atomic E-state index is 12.7. The Bertz CT molecular complexity index is 700. The average molecular weight is 384 g/mol. The summed E-state index contributed by atoms with van der Waals surface area (Å²) in [4.78, 5) is 24.3. The number of Topliss-reactive ketones (excluding diaryl/α,β-unsaturated/α-hetero) is 1. The summed E-state index contributed by atoms with van der Waals surface area (Å²) in [5, 5.41) is -0.650. The maximum atomic E-state index is 12.7. The van der Waals surface area contributed by atoms with Crippen LogP contribution in [0.3, 0.4) is 0 Å². The first-order valence-corrected chi connectivity index (χ1v) is 10.4. The van der Waals surface area contributed by atoms with E-state index in [-0.39, 0.29) is 0 Å². The van der Waals surface area contributed by atoms with Crippen LogP contribution >= 0.6 is 0 Å². The van der Waals surface area contributed by atoms with Crippen LogP contribution in [0.4, 0.5) is 0 Å². The lowest BCUT2D eigenvalue weighted by Crippen LogP contribution is -2.64. The van der Waals surface area contributed by atoms with Crippen LogP contribution in [0.5, 0.6) is 5.75 Å². The van der Waals surface area contributed by atoms with Crippen molar-refractivity contribution in [1.82, 2.24) is 0 Å². The number of ketones is 1. The largest absolute Gasteiger partial charge is 0.486 e. The van der Waals surface area contributed by atoms with Gasteiger partial charge in [0.1, 0.15) is 12.4 Å². The van der Waals surface area contributed by atoms with Crippen molar-refractivity contribution in [2.75, 3.05) is 12.4 Å². The highest BCUT2D eigenvalue weighted by Gasteiger charge is 2.46. The predicted octanol–water partition coefficient (Wildman–Crippen LogP) is 1.20. The number of benzene rings is 1. The van der Waals surface area contributed by atoms with Gasteiger partial charge in [-0.1, -0.05) is 44.9 Å². The van der Waals surface area contributed by atoms with Crippen LogP contribution in [-0.2, 0) is 19.4 Å². The zero-order chi connectivity index (χ0) is 19.8. The van der Waals surface area contributed by atoms with E-state index in [9.17, 15) is 18.0 Å². The van der Waals surface area contributed by atoms with Gasteiger partial charge in [0.05, 0.1) is 11.0 Å². The quantitative estimate of drug-likeness (QED) is 0.521. The van der Waals surface area contributed by atoms with Gasteiger partial charge >= 0.3 is 0 Å². The van der Waals surface area contributed by atoms with Crippen molar-refractivity contribution in [2.24, 2.45) is 11.5 Å². The number of carbonyl (C=O) groups is 2. The summed E-state index contributed by atoms with van der Waals surface area (Å²) in [6, 6.07) is 8.47. The van der Waals surface area contributed by atoms with Crippen molar-refractivity contribution in [2.45, 2.75) is 50.3 Å². The minimum atomic E-state index is -3.78. The van der Waals surface area contributed by atoms with Crippen molar-refractivity contribution in [3.63, 3.8) is 0 Å². The lowest BCUT2D eigenvalue weighted by molar-refractivity contribution is -0.134. The summed E-state index contributed by atoms with van der Waals surface area (Å²) in [5.74, 6) is -2.43. The van der Waals surface area contributed by atoms with Crippen molar-refractivity contribution >= 4 is 21.5 Å². The number of para-hydroxylation sites is 1. The number of amides is 1. The molecule has 1 aromatic carbocycles. The molecular weight excluding hydrogens is 356 g/mol. The Morgan fingerprint density at radius 3 is 2.12 bits per heavy atom. The SMILES string of the molecule is CCCC(CCC)S(=O)(=O)CC(N)(C(N)=O)C(=O)COc1ccccc1. The van der Waals surface area contributed by atoms with Gasteiger partial charge in [-0.15, -0.1) is 0 Å². The second-order valence-electron chi connectivity index (χ2n) is 6.37. The van der Waals surface area contributed by atoms with Gasteiger partial charge in [-0.3, -0.25) is 9.59 Å². The van der Waals surface area contributed by atoms with Gasteiger partial charge in [-0.2, -0.15) is 0 Å². The second-order valence-corrected chi connectivity index (χ2v) is 8.65. The second kappa shape index (κ2) is 9.68. The molecule has 0 bridgehead atoms. The highest BCUT2D eigenvalue weighted by Crippen LogP contribution is 2.20. The highest BCUT2D eigenvalue weighted by molar-refractivity contribution is 7.92. The molecule has 0 spiro atoms. The van der Waals surface area contributed by atoms with Crippen LogP contribution < -0.4 is 16.2 Å². The molecule has 0 aliphatic carbocycles. The monoisotopic (exact) mass is 384 g/mol. The molecule has 0 heterocycles. The van der Waals surface area contributed by atoms with Gasteiger partial charge in [0.2, 0.25) is 11.7 Å². The van der Waals surface area contributed by atoms with Gasteiger partial charge in [-0.25, -0.2) is 8.42 Å². The number of ether oxygens (including phenoxy) is 1. The smallest absolute Gasteiger partial charge is 0.246 e. The van der Waals surface area contributed by atoms with Crippen LogP contribution in [0.25, 0.3) is 0 Å². The Morgan fingerprint density at radius 1 is 1.12 bits per heavy atom. The third-order valence-electron chi connectivity index (χ3n) is 4.21. The molecule has 1 atom stereocenters. The lowest BCUT2D eigenvalue weighted by Gasteiger charge is -2.27. The molecular formula is C18H28N2O5S. The normalized spacial score (nSPS) is 14.0. The molecule has 0 saturated carbocycles. The van der Waals surface area contributed by atoms with Gasteiger partial charge in [0.15, 0.2) is 15.4 Å². The molecule has 0 aliphatic heterocycles. The third-order valence-corrected chi connectivity index (χ3v) is 6.55. The Balaban J connectivity index is 2.96. The lowest BCUT2D eigenvalue weighted by atomic mass is 9.97. The molecule has 0 radical (unpaired) electrons. The van der Waals surface area contributed by atoms with Gasteiger partial charge < -0.3 is 16.2 Å². The van der Waals surface area contributed by atoms with Gasteiger partial charge in [0, 0.05) is 0 Å². The molecule has 146 valence electrons. The predicted molar refractivity (Wildman–Crippen MR) is 100 cm³/mol. The fraction of sp³-hybridized carbons (Fsp3) is 0.556. The van der Waals surface area contributed by atoms with E-state index >= 15 is 0 Å². The Morgan fingerprint density at radius 2 is 1.65 bits per heavy atom. The molecule has 1 amide bonds. The van der Waals surface area contributed by atoms with E-state index in [1.165, 1.54) is 0 Å². The van der Waals surface area contributed by atoms with Crippen LogP contribution in [-0.4, -0.2) is 43.3 Å². The molecule has 4 N–H and O–H groups in total. The van der Waals surface area contributed by atoms with Crippen LogP contribution in [0.2, 0.25) is 0 Å². The highest BCUT2D eigenvalue weighted by atomic mass is 32.2. The fourth-order valence-corrected chi connectivity index (χ4v) is 5.03. The number of rotatable bonds is 12. The van der Waals surface area contributed by atoms with E-state index in [1.54, 1.807) is 30.3 Å². The maximum Gasteiger partial charge on any atom is 0.246 e. The fourth-order valence-electron chi connectivity index (χ4n) is 2.67. The number of primary amides is 1. The van der Waals surface area contributed by atoms with Gasteiger partial charge in [0.25, 0.3) is 0 Å². The minimum Gasteiger partial charge on any atom is -0.486 e. The molecule has 1 unspecified atom stereocenters. The molecule has 1 rings (SSSR count). The summed E-state index contributed by atoms with van der Waals surface area (Å²) in [7, 11) is -3.78. The zero-order valence-electron chi connectivity index (χ0n) is 15.3.